The third kappa shape index (κ3) is 3.20. The van der Waals surface area contributed by atoms with Crippen LogP contribution in [0.25, 0.3) is 6.08 Å². The Bertz CT molecular complexity index is 516. The zero-order chi connectivity index (χ0) is 13.9. The summed E-state index contributed by atoms with van der Waals surface area (Å²) in [6.07, 6.45) is 4.99. The Labute approximate surface area is 111 Å². The molecule has 0 spiro atoms. The van der Waals surface area contributed by atoms with E-state index in [2.05, 4.69) is 5.32 Å². The monoisotopic (exact) mass is 260 g/mol. The van der Waals surface area contributed by atoms with E-state index in [1.165, 1.54) is 6.08 Å². The summed E-state index contributed by atoms with van der Waals surface area (Å²) in [4.78, 5) is 22.3. The summed E-state index contributed by atoms with van der Waals surface area (Å²) >= 11 is 0. The van der Waals surface area contributed by atoms with Crippen LogP contribution in [0.3, 0.4) is 0 Å². The van der Waals surface area contributed by atoms with Crippen molar-refractivity contribution in [2.24, 2.45) is 5.73 Å². The average molecular weight is 260 g/mol. The molecule has 5 heteroatoms. The lowest BCUT2D eigenvalue weighted by molar-refractivity contribution is -0.131. The predicted molar refractivity (Wildman–Crippen MR) is 72.5 cm³/mol. The van der Waals surface area contributed by atoms with E-state index < -0.39 is 11.5 Å². The number of anilines is 1. The van der Waals surface area contributed by atoms with Gasteiger partial charge in [-0.2, -0.15) is 0 Å². The van der Waals surface area contributed by atoms with Gasteiger partial charge in [0.25, 0.3) is 0 Å². The SMILES string of the molecule is NC1(C(=O)Nc2ccc(/C=C/C(=O)O)cc2)CCC1. The Morgan fingerprint density at radius 2 is 1.89 bits per heavy atom. The third-order valence-corrected chi connectivity index (χ3v) is 3.28. The molecular weight excluding hydrogens is 244 g/mol. The van der Waals surface area contributed by atoms with Crippen LogP contribution >= 0.6 is 0 Å². The smallest absolute Gasteiger partial charge is 0.328 e. The van der Waals surface area contributed by atoms with Gasteiger partial charge in [0, 0.05) is 11.8 Å². The number of nitrogens with one attached hydrogen (secondary N) is 1. The van der Waals surface area contributed by atoms with Crippen molar-refractivity contribution in [3.63, 3.8) is 0 Å². The Morgan fingerprint density at radius 3 is 2.37 bits per heavy atom. The first-order valence-electron chi connectivity index (χ1n) is 6.11. The molecule has 19 heavy (non-hydrogen) atoms. The van der Waals surface area contributed by atoms with Gasteiger partial charge < -0.3 is 16.2 Å². The van der Waals surface area contributed by atoms with E-state index in [0.29, 0.717) is 5.69 Å². The minimum Gasteiger partial charge on any atom is -0.478 e. The maximum absolute atomic E-state index is 11.9. The van der Waals surface area contributed by atoms with E-state index in [1.54, 1.807) is 24.3 Å². The number of amides is 1. The number of carbonyl (C=O) groups excluding carboxylic acids is 1. The number of hydrogen-bond acceptors (Lipinski definition) is 3. The molecule has 0 bridgehead atoms. The Hall–Kier alpha value is -2.14. The molecule has 100 valence electrons. The summed E-state index contributed by atoms with van der Waals surface area (Å²) in [5.41, 5.74) is 6.61. The largest absolute Gasteiger partial charge is 0.478 e. The van der Waals surface area contributed by atoms with Crippen LogP contribution in [0.2, 0.25) is 0 Å². The Morgan fingerprint density at radius 1 is 1.26 bits per heavy atom. The van der Waals surface area contributed by atoms with E-state index in [4.69, 9.17) is 10.8 Å². The normalized spacial score (nSPS) is 16.9. The zero-order valence-electron chi connectivity index (χ0n) is 10.4. The van der Waals surface area contributed by atoms with Crippen molar-refractivity contribution >= 4 is 23.6 Å². The quantitative estimate of drug-likeness (QED) is 0.717. The van der Waals surface area contributed by atoms with Crippen LogP contribution in [0.4, 0.5) is 5.69 Å². The molecule has 1 saturated carbocycles. The summed E-state index contributed by atoms with van der Waals surface area (Å²) in [5, 5.41) is 11.3. The highest BCUT2D eigenvalue weighted by Crippen LogP contribution is 2.30. The fraction of sp³-hybridized carbons (Fsp3) is 0.286. The summed E-state index contributed by atoms with van der Waals surface area (Å²) in [6, 6.07) is 6.92. The molecule has 0 aliphatic heterocycles. The second-order valence-electron chi connectivity index (χ2n) is 4.76. The summed E-state index contributed by atoms with van der Waals surface area (Å²) in [7, 11) is 0. The fourth-order valence-corrected chi connectivity index (χ4v) is 1.89. The predicted octanol–water partition coefficient (Wildman–Crippen LogP) is 1.60. The molecule has 5 nitrogen and oxygen atoms in total. The van der Waals surface area contributed by atoms with Crippen LogP contribution in [-0.2, 0) is 9.59 Å². The summed E-state index contributed by atoms with van der Waals surface area (Å²) in [5.74, 6) is -1.15. The van der Waals surface area contributed by atoms with Crippen LogP contribution in [0.15, 0.2) is 30.3 Å². The number of aliphatic carboxylic acids is 1. The number of carboxylic acid groups (broad SMARTS) is 1. The summed E-state index contributed by atoms with van der Waals surface area (Å²) < 4.78 is 0. The highest BCUT2D eigenvalue weighted by Gasteiger charge is 2.39. The van der Waals surface area contributed by atoms with Crippen molar-refractivity contribution in [2.75, 3.05) is 5.32 Å². The van der Waals surface area contributed by atoms with Gasteiger partial charge in [0.1, 0.15) is 0 Å². The standard InChI is InChI=1S/C14H16N2O3/c15-14(8-1-9-14)13(19)16-11-5-2-10(3-6-11)4-7-12(17)18/h2-7H,1,8-9,15H2,(H,16,19)(H,17,18)/b7-4+. The topological polar surface area (TPSA) is 92.4 Å². The molecular formula is C14H16N2O3. The highest BCUT2D eigenvalue weighted by atomic mass is 16.4. The molecule has 4 N–H and O–H groups in total. The Kier molecular flexibility index (Phi) is 3.66. The molecule has 1 aliphatic carbocycles. The molecule has 1 amide bonds. The number of nitrogens with two attached hydrogens (primary N) is 1. The van der Waals surface area contributed by atoms with Crippen LogP contribution in [0, 0.1) is 0 Å². The minimum absolute atomic E-state index is 0.160. The minimum atomic E-state index is -0.993. The zero-order valence-corrected chi connectivity index (χ0v) is 10.4. The lowest BCUT2D eigenvalue weighted by atomic mass is 9.77. The van der Waals surface area contributed by atoms with Gasteiger partial charge in [-0.15, -0.1) is 0 Å². The third-order valence-electron chi connectivity index (χ3n) is 3.28. The van der Waals surface area contributed by atoms with Gasteiger partial charge in [0.05, 0.1) is 5.54 Å². The lowest BCUT2D eigenvalue weighted by Crippen LogP contribution is -2.56. The van der Waals surface area contributed by atoms with E-state index in [9.17, 15) is 9.59 Å². The van der Waals surface area contributed by atoms with Crippen molar-refractivity contribution in [1.82, 2.24) is 0 Å². The van der Waals surface area contributed by atoms with Crippen LogP contribution in [0.5, 0.6) is 0 Å². The molecule has 1 fully saturated rings. The number of carboxylic acids is 1. The second-order valence-corrected chi connectivity index (χ2v) is 4.76. The van der Waals surface area contributed by atoms with Crippen molar-refractivity contribution in [2.45, 2.75) is 24.8 Å². The van der Waals surface area contributed by atoms with Gasteiger partial charge in [-0.1, -0.05) is 12.1 Å². The summed E-state index contributed by atoms with van der Waals surface area (Å²) in [6.45, 7) is 0. The molecule has 0 unspecified atom stereocenters. The van der Waals surface area contributed by atoms with Crippen molar-refractivity contribution in [1.29, 1.82) is 0 Å². The molecule has 1 aromatic rings. The first-order valence-corrected chi connectivity index (χ1v) is 6.11. The number of rotatable bonds is 4. The van der Waals surface area contributed by atoms with Crippen molar-refractivity contribution in [3.05, 3.63) is 35.9 Å². The molecule has 0 atom stereocenters. The average Bonchev–Trinajstić information content (AvgIpc) is 2.35. The molecule has 2 rings (SSSR count). The lowest BCUT2D eigenvalue weighted by Gasteiger charge is -2.36. The number of hydrogen-bond donors (Lipinski definition) is 3. The van der Waals surface area contributed by atoms with Crippen LogP contribution in [0.1, 0.15) is 24.8 Å². The van der Waals surface area contributed by atoms with E-state index in [0.717, 1.165) is 30.9 Å². The maximum atomic E-state index is 11.9. The van der Waals surface area contributed by atoms with Gasteiger partial charge >= 0.3 is 5.97 Å². The second kappa shape index (κ2) is 5.24. The number of carbonyl (C=O) groups is 2. The number of benzene rings is 1. The molecule has 0 saturated heterocycles. The molecule has 1 aliphatic rings. The fourth-order valence-electron chi connectivity index (χ4n) is 1.89. The molecule has 0 aromatic heterocycles. The first-order chi connectivity index (χ1) is 8.99. The van der Waals surface area contributed by atoms with Crippen LogP contribution in [-0.4, -0.2) is 22.5 Å². The highest BCUT2D eigenvalue weighted by molar-refractivity contribution is 5.98. The molecule has 0 radical (unpaired) electrons. The molecule has 0 heterocycles. The molecule has 1 aromatic carbocycles. The van der Waals surface area contributed by atoms with E-state index >= 15 is 0 Å². The van der Waals surface area contributed by atoms with Gasteiger partial charge in [0.2, 0.25) is 5.91 Å². The van der Waals surface area contributed by atoms with Crippen molar-refractivity contribution < 1.29 is 14.7 Å². The van der Waals surface area contributed by atoms with E-state index in [1.807, 2.05) is 0 Å². The first kappa shape index (κ1) is 13.3. The maximum Gasteiger partial charge on any atom is 0.328 e. The van der Waals surface area contributed by atoms with E-state index in [-0.39, 0.29) is 5.91 Å². The van der Waals surface area contributed by atoms with Crippen molar-refractivity contribution in [3.8, 4) is 0 Å². The Balaban J connectivity index is 1.99. The van der Waals surface area contributed by atoms with Gasteiger partial charge in [0.15, 0.2) is 0 Å². The van der Waals surface area contributed by atoms with Crippen LogP contribution < -0.4 is 11.1 Å². The van der Waals surface area contributed by atoms with Gasteiger partial charge in [-0.05, 0) is 43.0 Å². The van der Waals surface area contributed by atoms with Gasteiger partial charge in [-0.3, -0.25) is 4.79 Å². The van der Waals surface area contributed by atoms with Gasteiger partial charge in [-0.25, -0.2) is 4.79 Å².